The Balaban J connectivity index is 3.04. The van der Waals surface area contributed by atoms with E-state index in [1.165, 1.54) is 24.3 Å². The molecular formula is C25H37FN2O6. The van der Waals surface area contributed by atoms with Crippen molar-refractivity contribution in [3.05, 3.63) is 35.6 Å². The zero-order valence-electron chi connectivity index (χ0n) is 20.9. The summed E-state index contributed by atoms with van der Waals surface area (Å²) in [6.45, 7) is 10.7. The fourth-order valence-corrected chi connectivity index (χ4v) is 3.27. The highest BCUT2D eigenvalue weighted by molar-refractivity contribution is 5.94. The van der Waals surface area contributed by atoms with Crippen molar-refractivity contribution in [1.82, 2.24) is 10.6 Å². The van der Waals surface area contributed by atoms with E-state index in [4.69, 9.17) is 9.47 Å². The predicted octanol–water partition coefficient (Wildman–Crippen LogP) is 3.03. The first kappa shape index (κ1) is 29.1. The van der Waals surface area contributed by atoms with Gasteiger partial charge in [0, 0.05) is 6.42 Å². The van der Waals surface area contributed by atoms with Crippen molar-refractivity contribution in [2.45, 2.75) is 78.3 Å². The molecule has 0 heterocycles. The maximum atomic E-state index is 13.3. The summed E-state index contributed by atoms with van der Waals surface area (Å²) in [5.74, 6) is -2.79. The Kier molecular flexibility index (Phi) is 11.7. The van der Waals surface area contributed by atoms with Gasteiger partial charge in [0.2, 0.25) is 11.8 Å². The third-order valence-electron chi connectivity index (χ3n) is 5.75. The highest BCUT2D eigenvalue weighted by atomic mass is 19.1. The number of carbonyl (C=O) groups is 4. The van der Waals surface area contributed by atoms with E-state index in [0.717, 1.165) is 0 Å². The lowest BCUT2D eigenvalue weighted by Gasteiger charge is -2.30. The van der Waals surface area contributed by atoms with Crippen LogP contribution in [0.1, 0.15) is 66.4 Å². The number of ether oxygens (including phenoxy) is 2. The summed E-state index contributed by atoms with van der Waals surface area (Å²) in [6.07, 6.45) is 0.517. The lowest BCUT2D eigenvalue weighted by molar-refractivity contribution is -0.149. The fraction of sp³-hybridized carbons (Fsp3) is 0.600. The smallest absolute Gasteiger partial charge is 0.328 e. The number of rotatable bonds is 13. The van der Waals surface area contributed by atoms with Crippen LogP contribution in [0.4, 0.5) is 4.39 Å². The average Bonchev–Trinajstić information content (AvgIpc) is 2.79. The zero-order chi connectivity index (χ0) is 25.9. The Morgan fingerprint density at radius 2 is 1.56 bits per heavy atom. The van der Waals surface area contributed by atoms with E-state index >= 15 is 0 Å². The molecule has 0 aliphatic carbocycles. The van der Waals surface area contributed by atoms with Gasteiger partial charge in [-0.1, -0.05) is 32.4 Å². The first-order valence-electron chi connectivity index (χ1n) is 11.7. The number of esters is 2. The Bertz CT molecular complexity index is 840. The molecule has 2 N–H and O–H groups in total. The van der Waals surface area contributed by atoms with Crippen molar-refractivity contribution in [2.75, 3.05) is 13.2 Å². The van der Waals surface area contributed by atoms with Gasteiger partial charge in [-0.2, -0.15) is 0 Å². The van der Waals surface area contributed by atoms with Crippen LogP contribution in [0.5, 0.6) is 0 Å². The Morgan fingerprint density at radius 3 is 2.09 bits per heavy atom. The van der Waals surface area contributed by atoms with Crippen molar-refractivity contribution in [3.8, 4) is 0 Å². The molecule has 3 atom stereocenters. The summed E-state index contributed by atoms with van der Waals surface area (Å²) in [7, 11) is 0. The fourth-order valence-electron chi connectivity index (χ4n) is 3.27. The number of hydrogen-bond acceptors (Lipinski definition) is 6. The quantitative estimate of drug-likeness (QED) is 0.420. The van der Waals surface area contributed by atoms with Crippen molar-refractivity contribution >= 4 is 23.8 Å². The van der Waals surface area contributed by atoms with Crippen LogP contribution in [0.3, 0.4) is 0 Å². The van der Waals surface area contributed by atoms with E-state index in [1.807, 2.05) is 13.8 Å². The molecule has 0 radical (unpaired) electrons. The van der Waals surface area contributed by atoms with Crippen LogP contribution in [-0.4, -0.2) is 49.1 Å². The van der Waals surface area contributed by atoms with E-state index in [0.29, 0.717) is 12.0 Å². The molecule has 1 aromatic rings. The second kappa shape index (κ2) is 13.7. The van der Waals surface area contributed by atoms with Gasteiger partial charge >= 0.3 is 11.9 Å². The molecule has 0 saturated heterocycles. The molecule has 0 aliphatic rings. The third kappa shape index (κ3) is 8.43. The van der Waals surface area contributed by atoms with Gasteiger partial charge in [-0.15, -0.1) is 0 Å². The Labute approximate surface area is 201 Å². The molecule has 190 valence electrons. The number of carbonyl (C=O) groups excluding carboxylic acids is 4. The lowest BCUT2D eigenvalue weighted by Crippen LogP contribution is -2.56. The molecule has 0 bridgehead atoms. The summed E-state index contributed by atoms with van der Waals surface area (Å²) in [6, 6.07) is 3.61. The molecule has 0 aliphatic heterocycles. The van der Waals surface area contributed by atoms with Gasteiger partial charge in [-0.3, -0.25) is 14.4 Å². The van der Waals surface area contributed by atoms with Crippen LogP contribution >= 0.6 is 0 Å². The number of halogens is 1. The lowest BCUT2D eigenvalue weighted by atomic mass is 9.83. The topological polar surface area (TPSA) is 111 Å². The summed E-state index contributed by atoms with van der Waals surface area (Å²) >= 11 is 0. The minimum atomic E-state index is -1.06. The van der Waals surface area contributed by atoms with Crippen LogP contribution in [0, 0.1) is 11.7 Å². The monoisotopic (exact) mass is 480 g/mol. The Hall–Kier alpha value is -2.97. The van der Waals surface area contributed by atoms with E-state index in [2.05, 4.69) is 10.6 Å². The summed E-state index contributed by atoms with van der Waals surface area (Å²) in [5, 5.41) is 5.43. The number of benzene rings is 1. The molecule has 34 heavy (non-hydrogen) atoms. The minimum absolute atomic E-state index is 0.00561. The molecule has 0 fully saturated rings. The average molecular weight is 481 g/mol. The standard InChI is InChI=1S/C25H37FN2O6/c1-7-16(4)21(28-24(32)25(5,6)17-10-12-18(26)13-11-17)22(30)27-19(23(31)34-9-3)14-15-20(29)33-8-2/h10-13,16,19,21H,7-9,14-15H2,1-6H3,(H,27,30)(H,28,32)/t16-,19+,21-/m0/s1. The largest absolute Gasteiger partial charge is 0.466 e. The predicted molar refractivity (Wildman–Crippen MR) is 125 cm³/mol. The molecule has 0 saturated carbocycles. The van der Waals surface area contributed by atoms with Gasteiger partial charge in [0.15, 0.2) is 0 Å². The van der Waals surface area contributed by atoms with Gasteiger partial charge in [0.05, 0.1) is 18.6 Å². The molecule has 9 heteroatoms. The van der Waals surface area contributed by atoms with Crippen molar-refractivity contribution in [2.24, 2.45) is 5.92 Å². The molecule has 2 amide bonds. The van der Waals surface area contributed by atoms with E-state index in [-0.39, 0.29) is 32.0 Å². The van der Waals surface area contributed by atoms with Crippen LogP contribution in [-0.2, 0) is 34.1 Å². The maximum Gasteiger partial charge on any atom is 0.328 e. The van der Waals surface area contributed by atoms with Gasteiger partial charge in [0.25, 0.3) is 0 Å². The van der Waals surface area contributed by atoms with Crippen molar-refractivity contribution < 1.29 is 33.0 Å². The summed E-state index contributed by atoms with van der Waals surface area (Å²) in [5.41, 5.74) is -0.446. The van der Waals surface area contributed by atoms with E-state index in [9.17, 15) is 23.6 Å². The number of hydrogen-bond donors (Lipinski definition) is 2. The maximum absolute atomic E-state index is 13.3. The van der Waals surface area contributed by atoms with E-state index < -0.39 is 47.1 Å². The normalized spacial score (nSPS) is 13.9. The first-order valence-corrected chi connectivity index (χ1v) is 11.7. The number of nitrogens with one attached hydrogen (secondary N) is 2. The minimum Gasteiger partial charge on any atom is -0.466 e. The highest BCUT2D eigenvalue weighted by Gasteiger charge is 2.36. The Morgan fingerprint density at radius 1 is 0.971 bits per heavy atom. The van der Waals surface area contributed by atoms with Crippen molar-refractivity contribution in [3.63, 3.8) is 0 Å². The van der Waals surface area contributed by atoms with Gasteiger partial charge < -0.3 is 20.1 Å². The van der Waals surface area contributed by atoms with Crippen LogP contribution in [0.25, 0.3) is 0 Å². The molecule has 1 rings (SSSR count). The van der Waals surface area contributed by atoms with E-state index in [1.54, 1.807) is 27.7 Å². The van der Waals surface area contributed by atoms with Crippen LogP contribution in [0.15, 0.2) is 24.3 Å². The molecule has 1 aromatic carbocycles. The van der Waals surface area contributed by atoms with Gasteiger partial charge in [-0.05, 0) is 57.7 Å². The van der Waals surface area contributed by atoms with Crippen LogP contribution < -0.4 is 10.6 Å². The molecular weight excluding hydrogens is 443 g/mol. The molecule has 8 nitrogen and oxygen atoms in total. The summed E-state index contributed by atoms with van der Waals surface area (Å²) < 4.78 is 23.3. The first-order chi connectivity index (χ1) is 16.0. The van der Waals surface area contributed by atoms with Crippen molar-refractivity contribution in [1.29, 1.82) is 0 Å². The van der Waals surface area contributed by atoms with Gasteiger partial charge in [0.1, 0.15) is 17.9 Å². The second-order valence-electron chi connectivity index (χ2n) is 8.63. The molecule has 0 aromatic heterocycles. The number of amides is 2. The molecule has 0 unspecified atom stereocenters. The SMILES string of the molecule is CCOC(=O)CC[C@@H](NC(=O)[C@@H](NC(=O)C(C)(C)c1ccc(F)cc1)[C@@H](C)CC)C(=O)OCC. The molecule has 0 spiro atoms. The van der Waals surface area contributed by atoms with Gasteiger partial charge in [-0.25, -0.2) is 9.18 Å². The zero-order valence-corrected chi connectivity index (χ0v) is 20.9. The second-order valence-corrected chi connectivity index (χ2v) is 8.63. The highest BCUT2D eigenvalue weighted by Crippen LogP contribution is 2.24. The summed E-state index contributed by atoms with van der Waals surface area (Å²) in [4.78, 5) is 50.5. The van der Waals surface area contributed by atoms with Crippen LogP contribution in [0.2, 0.25) is 0 Å². The third-order valence-corrected chi connectivity index (χ3v) is 5.75.